The van der Waals surface area contributed by atoms with Crippen LogP contribution in [0.4, 0.5) is 11.5 Å². The van der Waals surface area contributed by atoms with E-state index in [1.807, 2.05) is 12.1 Å². The van der Waals surface area contributed by atoms with Gasteiger partial charge in [-0.1, -0.05) is 0 Å². The Morgan fingerprint density at radius 3 is 2.81 bits per heavy atom. The Hall–Kier alpha value is -1.29. The molecule has 0 aliphatic carbocycles. The molecule has 0 spiro atoms. The first-order valence-electron chi connectivity index (χ1n) is 6.02. The van der Waals surface area contributed by atoms with E-state index >= 15 is 0 Å². The van der Waals surface area contributed by atoms with Crippen molar-refractivity contribution in [2.75, 3.05) is 30.7 Å². The molecule has 1 aromatic heterocycles. The number of nitrogens with zero attached hydrogens (tertiary/aromatic N) is 2. The van der Waals surface area contributed by atoms with Crippen LogP contribution in [0.1, 0.15) is 12.8 Å². The molecule has 3 aliphatic heterocycles. The van der Waals surface area contributed by atoms with Crippen molar-refractivity contribution in [3.8, 4) is 0 Å². The maximum Gasteiger partial charge on any atom is 0.128 e. The van der Waals surface area contributed by atoms with Gasteiger partial charge in [-0.15, -0.1) is 0 Å². The van der Waals surface area contributed by atoms with E-state index in [-0.39, 0.29) is 0 Å². The largest absolute Gasteiger partial charge is 0.399 e. The van der Waals surface area contributed by atoms with Gasteiger partial charge in [-0.2, -0.15) is 0 Å². The van der Waals surface area contributed by atoms with Crippen molar-refractivity contribution in [3.63, 3.8) is 0 Å². The minimum absolute atomic E-state index is 0.553. The number of fused-ring (bicyclic) bond motifs is 3. The van der Waals surface area contributed by atoms with Gasteiger partial charge in [-0.05, 0) is 37.9 Å². The molecule has 0 radical (unpaired) electrons. The molecular formula is C12H18N4. The van der Waals surface area contributed by atoms with Gasteiger partial charge in [-0.3, -0.25) is 0 Å². The molecule has 3 N–H and O–H groups in total. The molecule has 4 rings (SSSR count). The van der Waals surface area contributed by atoms with E-state index in [9.17, 15) is 0 Å². The lowest BCUT2D eigenvalue weighted by atomic mass is 9.84. The Morgan fingerprint density at radius 2 is 2.19 bits per heavy atom. The minimum Gasteiger partial charge on any atom is -0.399 e. The van der Waals surface area contributed by atoms with Crippen molar-refractivity contribution in [1.82, 2.24) is 9.88 Å². The Balaban J connectivity index is 1.71. The second-order valence-corrected chi connectivity index (χ2v) is 4.86. The molecule has 4 heterocycles. The summed E-state index contributed by atoms with van der Waals surface area (Å²) in [6.07, 6.45) is 4.40. The van der Waals surface area contributed by atoms with Gasteiger partial charge in [0.15, 0.2) is 0 Å². The zero-order valence-electron chi connectivity index (χ0n) is 9.39. The summed E-state index contributed by atoms with van der Waals surface area (Å²) in [5.74, 6) is 1.73. The topological polar surface area (TPSA) is 54.2 Å². The molecule has 16 heavy (non-hydrogen) atoms. The van der Waals surface area contributed by atoms with Gasteiger partial charge in [0, 0.05) is 30.5 Å². The van der Waals surface area contributed by atoms with Crippen molar-refractivity contribution in [3.05, 3.63) is 18.3 Å². The molecule has 4 nitrogen and oxygen atoms in total. The predicted molar refractivity (Wildman–Crippen MR) is 65.2 cm³/mol. The molecule has 0 saturated carbocycles. The van der Waals surface area contributed by atoms with Crippen LogP contribution in [0.3, 0.4) is 0 Å². The van der Waals surface area contributed by atoms with Gasteiger partial charge in [-0.25, -0.2) is 4.98 Å². The van der Waals surface area contributed by atoms with Gasteiger partial charge in [0.05, 0.1) is 0 Å². The summed E-state index contributed by atoms with van der Waals surface area (Å²) in [5.41, 5.74) is 6.53. The van der Waals surface area contributed by atoms with E-state index in [4.69, 9.17) is 5.73 Å². The summed E-state index contributed by atoms with van der Waals surface area (Å²) in [6.45, 7) is 3.70. The molecule has 0 amide bonds. The maximum absolute atomic E-state index is 5.75. The highest BCUT2D eigenvalue weighted by Gasteiger charge is 2.33. The highest BCUT2D eigenvalue weighted by molar-refractivity contribution is 5.49. The van der Waals surface area contributed by atoms with E-state index in [0.29, 0.717) is 6.04 Å². The molecule has 2 bridgehead atoms. The smallest absolute Gasteiger partial charge is 0.128 e. The Morgan fingerprint density at radius 1 is 1.38 bits per heavy atom. The van der Waals surface area contributed by atoms with Crippen LogP contribution in [0, 0.1) is 5.92 Å². The number of nitrogen functional groups attached to an aromatic ring is 1. The highest BCUT2D eigenvalue weighted by Crippen LogP contribution is 2.29. The van der Waals surface area contributed by atoms with Gasteiger partial charge in [0.25, 0.3) is 0 Å². The number of rotatable bonds is 2. The molecular weight excluding hydrogens is 200 g/mol. The summed E-state index contributed by atoms with van der Waals surface area (Å²) >= 11 is 0. The SMILES string of the molecule is Nc1ccnc(NC2CN3CCC2CC3)c1. The molecule has 86 valence electrons. The fourth-order valence-electron chi connectivity index (χ4n) is 2.84. The van der Waals surface area contributed by atoms with E-state index in [0.717, 1.165) is 24.0 Å². The van der Waals surface area contributed by atoms with Crippen molar-refractivity contribution in [1.29, 1.82) is 0 Å². The van der Waals surface area contributed by atoms with Crippen LogP contribution in [-0.4, -0.2) is 35.6 Å². The zero-order chi connectivity index (χ0) is 11.0. The minimum atomic E-state index is 0.553. The highest BCUT2D eigenvalue weighted by atomic mass is 15.2. The molecule has 1 aromatic rings. The standard InChI is InChI=1S/C12H18N4/c13-10-1-4-14-12(7-10)15-11-8-16-5-2-9(11)3-6-16/h1,4,7,9,11H,2-3,5-6,8H2,(H3,13,14,15). The van der Waals surface area contributed by atoms with E-state index in [1.54, 1.807) is 6.20 Å². The summed E-state index contributed by atoms with van der Waals surface area (Å²) in [6, 6.07) is 4.29. The second-order valence-electron chi connectivity index (χ2n) is 4.86. The number of pyridine rings is 1. The number of nitrogens with one attached hydrogen (secondary N) is 1. The van der Waals surface area contributed by atoms with Gasteiger partial charge in [0.1, 0.15) is 5.82 Å². The lowest BCUT2D eigenvalue weighted by Crippen LogP contribution is -2.53. The summed E-state index contributed by atoms with van der Waals surface area (Å²) in [4.78, 5) is 6.84. The fraction of sp³-hybridized carbons (Fsp3) is 0.583. The summed E-state index contributed by atoms with van der Waals surface area (Å²) in [7, 11) is 0. The molecule has 1 unspecified atom stereocenters. The second kappa shape index (κ2) is 3.94. The molecule has 0 aromatic carbocycles. The third-order valence-corrected chi connectivity index (χ3v) is 3.77. The lowest BCUT2D eigenvalue weighted by molar-refractivity contribution is 0.0974. The zero-order valence-corrected chi connectivity index (χ0v) is 9.39. The number of nitrogens with two attached hydrogens (primary N) is 1. The van der Waals surface area contributed by atoms with Crippen LogP contribution in [-0.2, 0) is 0 Å². The molecule has 3 aliphatic rings. The van der Waals surface area contributed by atoms with Crippen LogP contribution in [0.25, 0.3) is 0 Å². The molecule has 3 fully saturated rings. The van der Waals surface area contributed by atoms with Crippen LogP contribution in [0.2, 0.25) is 0 Å². The van der Waals surface area contributed by atoms with E-state index < -0.39 is 0 Å². The maximum atomic E-state index is 5.75. The Bertz CT molecular complexity index is 371. The lowest BCUT2D eigenvalue weighted by Gasteiger charge is -2.45. The number of anilines is 2. The first-order valence-corrected chi connectivity index (χ1v) is 6.02. The van der Waals surface area contributed by atoms with Crippen molar-refractivity contribution in [2.24, 2.45) is 5.92 Å². The Labute approximate surface area is 95.8 Å². The summed E-state index contributed by atoms with van der Waals surface area (Å²) < 4.78 is 0. The van der Waals surface area contributed by atoms with Gasteiger partial charge < -0.3 is 16.0 Å². The van der Waals surface area contributed by atoms with Crippen LogP contribution >= 0.6 is 0 Å². The normalized spacial score (nSPS) is 32.6. The average Bonchev–Trinajstić information content (AvgIpc) is 2.30. The van der Waals surface area contributed by atoms with Crippen molar-refractivity contribution >= 4 is 11.5 Å². The van der Waals surface area contributed by atoms with Crippen molar-refractivity contribution < 1.29 is 0 Å². The van der Waals surface area contributed by atoms with E-state index in [2.05, 4.69) is 15.2 Å². The van der Waals surface area contributed by atoms with Crippen LogP contribution < -0.4 is 11.1 Å². The number of hydrogen-bond donors (Lipinski definition) is 2. The molecule has 3 saturated heterocycles. The predicted octanol–water partition coefficient (Wildman–Crippen LogP) is 1.17. The third-order valence-electron chi connectivity index (χ3n) is 3.77. The van der Waals surface area contributed by atoms with E-state index in [1.165, 1.54) is 25.9 Å². The Kier molecular flexibility index (Phi) is 2.44. The van der Waals surface area contributed by atoms with Gasteiger partial charge in [0.2, 0.25) is 0 Å². The quantitative estimate of drug-likeness (QED) is 0.782. The average molecular weight is 218 g/mol. The number of aromatic nitrogens is 1. The number of hydrogen-bond acceptors (Lipinski definition) is 4. The first-order chi connectivity index (χ1) is 7.81. The third kappa shape index (κ3) is 1.85. The van der Waals surface area contributed by atoms with Gasteiger partial charge >= 0.3 is 0 Å². The first kappa shape index (κ1) is 9.90. The fourth-order valence-corrected chi connectivity index (χ4v) is 2.84. The molecule has 4 heteroatoms. The van der Waals surface area contributed by atoms with Crippen molar-refractivity contribution in [2.45, 2.75) is 18.9 Å². The van der Waals surface area contributed by atoms with Crippen LogP contribution in [0.15, 0.2) is 18.3 Å². The monoisotopic (exact) mass is 218 g/mol. The van der Waals surface area contributed by atoms with Crippen LogP contribution in [0.5, 0.6) is 0 Å². The summed E-state index contributed by atoms with van der Waals surface area (Å²) in [5, 5.41) is 3.52. The molecule has 1 atom stereocenters. The number of piperidine rings is 3.